The van der Waals surface area contributed by atoms with E-state index in [4.69, 9.17) is 4.74 Å². The minimum atomic E-state index is 0. The van der Waals surface area contributed by atoms with Crippen LogP contribution < -0.4 is 10.6 Å². The maximum Gasteiger partial charge on any atom is 0.191 e. The van der Waals surface area contributed by atoms with Crippen molar-refractivity contribution in [1.82, 2.24) is 10.6 Å². The number of halogens is 2. The highest BCUT2D eigenvalue weighted by Crippen LogP contribution is 2.34. The first kappa shape index (κ1) is 22.2. The van der Waals surface area contributed by atoms with E-state index in [1.807, 2.05) is 13.1 Å². The van der Waals surface area contributed by atoms with Crippen LogP contribution in [-0.4, -0.2) is 32.8 Å². The van der Waals surface area contributed by atoms with E-state index in [-0.39, 0.29) is 29.4 Å². The molecule has 4 nitrogen and oxygen atoms in total. The lowest BCUT2D eigenvalue weighted by Crippen LogP contribution is -2.47. The predicted octanol–water partition coefficient (Wildman–Crippen LogP) is 4.48. The van der Waals surface area contributed by atoms with Gasteiger partial charge in [-0.2, -0.15) is 0 Å². The van der Waals surface area contributed by atoms with Crippen LogP contribution in [0.1, 0.15) is 24.0 Å². The zero-order valence-electron chi connectivity index (χ0n) is 15.6. The summed E-state index contributed by atoms with van der Waals surface area (Å²) in [5.74, 6) is 0.830. The van der Waals surface area contributed by atoms with E-state index in [2.05, 4.69) is 80.1 Å². The van der Waals surface area contributed by atoms with Gasteiger partial charge in [-0.1, -0.05) is 58.4 Å². The van der Waals surface area contributed by atoms with E-state index in [1.165, 1.54) is 11.1 Å². The zero-order chi connectivity index (χ0) is 18.2. The zero-order valence-corrected chi connectivity index (χ0v) is 19.5. The van der Waals surface area contributed by atoms with Crippen LogP contribution in [0.4, 0.5) is 0 Å². The molecule has 2 aromatic rings. The number of ether oxygens (including phenoxy) is 1. The molecule has 0 aliphatic carbocycles. The Morgan fingerprint density at radius 1 is 1.04 bits per heavy atom. The molecule has 1 fully saturated rings. The van der Waals surface area contributed by atoms with Crippen LogP contribution in [0.2, 0.25) is 0 Å². The first-order valence-corrected chi connectivity index (χ1v) is 9.83. The molecule has 2 N–H and O–H groups in total. The van der Waals surface area contributed by atoms with Gasteiger partial charge in [0, 0.05) is 43.2 Å². The van der Waals surface area contributed by atoms with Gasteiger partial charge in [-0.3, -0.25) is 4.99 Å². The summed E-state index contributed by atoms with van der Waals surface area (Å²) in [4.78, 5) is 4.38. The van der Waals surface area contributed by atoms with Gasteiger partial charge in [0.25, 0.3) is 0 Å². The van der Waals surface area contributed by atoms with E-state index >= 15 is 0 Å². The molecular weight excluding hydrogens is 517 g/mol. The van der Waals surface area contributed by atoms with Crippen LogP contribution in [0.3, 0.4) is 0 Å². The van der Waals surface area contributed by atoms with Crippen molar-refractivity contribution < 1.29 is 4.74 Å². The van der Waals surface area contributed by atoms with Gasteiger partial charge in [0.1, 0.15) is 0 Å². The molecule has 0 bridgehead atoms. The number of guanidine groups is 1. The fraction of sp³-hybridized carbons (Fsp3) is 0.381. The number of hydrogen-bond donors (Lipinski definition) is 2. The Kier molecular flexibility index (Phi) is 9.05. The molecule has 27 heavy (non-hydrogen) atoms. The summed E-state index contributed by atoms with van der Waals surface area (Å²) in [6.07, 6.45) is 2.02. The second kappa shape index (κ2) is 11.0. The van der Waals surface area contributed by atoms with Crippen molar-refractivity contribution in [1.29, 1.82) is 0 Å². The highest BCUT2D eigenvalue weighted by atomic mass is 127. The van der Waals surface area contributed by atoms with Gasteiger partial charge in [-0.15, -0.1) is 24.0 Å². The highest BCUT2D eigenvalue weighted by Gasteiger charge is 2.34. The Morgan fingerprint density at radius 2 is 1.70 bits per heavy atom. The third-order valence-electron chi connectivity index (χ3n) is 5.03. The molecule has 0 aromatic heterocycles. The summed E-state index contributed by atoms with van der Waals surface area (Å²) in [5, 5.41) is 6.94. The van der Waals surface area contributed by atoms with E-state index in [1.54, 1.807) is 0 Å². The van der Waals surface area contributed by atoms with Crippen molar-refractivity contribution >= 4 is 45.9 Å². The summed E-state index contributed by atoms with van der Waals surface area (Å²) < 4.78 is 6.73. The van der Waals surface area contributed by atoms with Crippen LogP contribution in [-0.2, 0) is 16.7 Å². The van der Waals surface area contributed by atoms with Gasteiger partial charge in [0.2, 0.25) is 0 Å². The quantitative estimate of drug-likeness (QED) is 0.332. The third-order valence-corrected chi connectivity index (χ3v) is 5.56. The largest absolute Gasteiger partial charge is 0.381 e. The summed E-state index contributed by atoms with van der Waals surface area (Å²) >= 11 is 3.53. The minimum absolute atomic E-state index is 0. The van der Waals surface area contributed by atoms with Crippen LogP contribution in [0.15, 0.2) is 64.1 Å². The Labute approximate surface area is 187 Å². The minimum Gasteiger partial charge on any atom is -0.381 e. The maximum atomic E-state index is 5.63. The van der Waals surface area contributed by atoms with Crippen molar-refractivity contribution in [2.75, 3.05) is 26.8 Å². The van der Waals surface area contributed by atoms with Crippen molar-refractivity contribution in [2.24, 2.45) is 4.99 Å². The normalized spacial score (nSPS) is 16.3. The number of rotatable bonds is 5. The van der Waals surface area contributed by atoms with Gasteiger partial charge in [0.05, 0.1) is 0 Å². The standard InChI is InChI=1S/C21H26BrN3O.HI/c1-23-20(24-15-17-5-3-2-4-6-17)25-16-21(11-13-26-14-12-21)18-7-9-19(22)10-8-18;/h2-10H,11-16H2,1H3,(H2,23,24,25);1H. The van der Waals surface area contributed by atoms with E-state index in [0.717, 1.165) is 49.6 Å². The number of nitrogens with zero attached hydrogens (tertiary/aromatic N) is 1. The van der Waals surface area contributed by atoms with Crippen LogP contribution in [0.25, 0.3) is 0 Å². The molecule has 0 spiro atoms. The predicted molar refractivity (Wildman–Crippen MR) is 126 cm³/mol. The monoisotopic (exact) mass is 543 g/mol. The van der Waals surface area contributed by atoms with E-state index < -0.39 is 0 Å². The van der Waals surface area contributed by atoms with Gasteiger partial charge >= 0.3 is 0 Å². The van der Waals surface area contributed by atoms with Crippen LogP contribution in [0, 0.1) is 0 Å². The Morgan fingerprint density at radius 3 is 2.33 bits per heavy atom. The number of hydrogen-bond acceptors (Lipinski definition) is 2. The number of aliphatic imine (C=N–C) groups is 1. The summed E-state index contributed by atoms with van der Waals surface area (Å²) in [6.45, 7) is 3.20. The first-order valence-electron chi connectivity index (χ1n) is 9.04. The maximum absolute atomic E-state index is 5.63. The van der Waals surface area contributed by atoms with E-state index in [9.17, 15) is 0 Å². The highest BCUT2D eigenvalue weighted by molar-refractivity contribution is 14.0. The smallest absolute Gasteiger partial charge is 0.191 e. The van der Waals surface area contributed by atoms with Gasteiger partial charge < -0.3 is 15.4 Å². The molecular formula is C21H27BrIN3O. The lowest BCUT2D eigenvalue weighted by Gasteiger charge is -2.38. The van der Waals surface area contributed by atoms with E-state index in [0.29, 0.717) is 0 Å². The molecule has 2 aromatic carbocycles. The Balaban J connectivity index is 0.00000261. The van der Waals surface area contributed by atoms with Crippen molar-refractivity contribution in [3.63, 3.8) is 0 Å². The fourth-order valence-corrected chi connectivity index (χ4v) is 3.65. The first-order chi connectivity index (χ1) is 12.7. The lowest BCUT2D eigenvalue weighted by molar-refractivity contribution is 0.0514. The average Bonchev–Trinajstić information content (AvgIpc) is 2.70. The topological polar surface area (TPSA) is 45.7 Å². The molecule has 1 aliphatic rings. The molecule has 1 saturated heterocycles. The molecule has 146 valence electrons. The van der Waals surface area contributed by atoms with Gasteiger partial charge in [0.15, 0.2) is 5.96 Å². The number of nitrogens with one attached hydrogen (secondary N) is 2. The van der Waals surface area contributed by atoms with Crippen molar-refractivity contribution in [3.05, 3.63) is 70.2 Å². The summed E-state index contributed by atoms with van der Waals surface area (Å²) in [7, 11) is 1.82. The second-order valence-electron chi connectivity index (χ2n) is 6.66. The van der Waals surface area contributed by atoms with Crippen LogP contribution >= 0.6 is 39.9 Å². The Bertz CT molecular complexity index is 716. The fourth-order valence-electron chi connectivity index (χ4n) is 3.39. The van der Waals surface area contributed by atoms with Crippen LogP contribution in [0.5, 0.6) is 0 Å². The molecule has 0 saturated carbocycles. The second-order valence-corrected chi connectivity index (χ2v) is 7.58. The molecule has 6 heteroatoms. The average molecular weight is 544 g/mol. The molecule has 0 unspecified atom stereocenters. The summed E-state index contributed by atoms with van der Waals surface area (Å²) in [6, 6.07) is 19.0. The Hall–Kier alpha value is -1.12. The molecule has 0 amide bonds. The lowest BCUT2D eigenvalue weighted by atomic mass is 9.74. The SMILES string of the molecule is CN=C(NCc1ccccc1)NCC1(c2ccc(Br)cc2)CCOCC1.I. The summed E-state index contributed by atoms with van der Waals surface area (Å²) in [5.41, 5.74) is 2.67. The van der Waals surface area contributed by atoms with Gasteiger partial charge in [-0.25, -0.2) is 0 Å². The number of benzene rings is 2. The molecule has 1 heterocycles. The van der Waals surface area contributed by atoms with Gasteiger partial charge in [-0.05, 0) is 36.1 Å². The van der Waals surface area contributed by atoms with Crippen molar-refractivity contribution in [2.45, 2.75) is 24.8 Å². The molecule has 1 aliphatic heterocycles. The molecule has 0 atom stereocenters. The molecule has 3 rings (SSSR count). The molecule has 0 radical (unpaired) electrons. The van der Waals surface area contributed by atoms with Crippen molar-refractivity contribution in [3.8, 4) is 0 Å². The third kappa shape index (κ3) is 6.19.